The summed E-state index contributed by atoms with van der Waals surface area (Å²) in [7, 11) is 0. The van der Waals surface area contributed by atoms with Crippen LogP contribution in [0.3, 0.4) is 0 Å². The van der Waals surface area contributed by atoms with Gasteiger partial charge in [0.1, 0.15) is 17.7 Å². The van der Waals surface area contributed by atoms with Crippen LogP contribution in [0.4, 0.5) is 0 Å². The number of ether oxygens (including phenoxy) is 1. The molecule has 1 aromatic heterocycles. The van der Waals surface area contributed by atoms with Crippen molar-refractivity contribution >= 4 is 34.2 Å². The van der Waals surface area contributed by atoms with Gasteiger partial charge in [-0.1, -0.05) is 47.5 Å². The van der Waals surface area contributed by atoms with Crippen LogP contribution in [0.15, 0.2) is 48.5 Å². The molecule has 1 heterocycles. The zero-order valence-electron chi connectivity index (χ0n) is 12.5. The molecule has 0 aliphatic carbocycles. The normalized spacial score (nSPS) is 13.9. The predicted octanol–water partition coefficient (Wildman–Crippen LogP) is 4.39. The second-order valence-corrected chi connectivity index (χ2v) is 6.10. The molecule has 3 aromatic rings. The van der Waals surface area contributed by atoms with Gasteiger partial charge in [0.05, 0.1) is 22.6 Å². The van der Waals surface area contributed by atoms with E-state index < -0.39 is 11.7 Å². The van der Waals surface area contributed by atoms with Crippen molar-refractivity contribution in [3.8, 4) is 5.75 Å². The third-order valence-electron chi connectivity index (χ3n) is 3.48. The third-order valence-corrected chi connectivity index (χ3v) is 4.01. The van der Waals surface area contributed by atoms with E-state index in [1.807, 2.05) is 41.0 Å². The number of rotatable bonds is 5. The highest BCUT2D eigenvalue weighted by molar-refractivity contribution is 6.32. The van der Waals surface area contributed by atoms with Crippen molar-refractivity contribution in [2.75, 3.05) is 0 Å². The molecule has 0 spiro atoms. The molecule has 0 bridgehead atoms. The van der Waals surface area contributed by atoms with Gasteiger partial charge in [0.15, 0.2) is 5.56 Å². The molecule has 6 heteroatoms. The molecule has 120 valence electrons. The van der Waals surface area contributed by atoms with E-state index in [0.29, 0.717) is 23.1 Å². The van der Waals surface area contributed by atoms with Crippen LogP contribution >= 0.6 is 23.2 Å². The molecule has 0 aliphatic rings. The first-order valence-electron chi connectivity index (χ1n) is 7.24. The molecule has 0 amide bonds. The molecule has 3 rings (SSSR count). The van der Waals surface area contributed by atoms with Crippen LogP contribution in [-0.2, 0) is 6.54 Å². The Morgan fingerprint density at radius 3 is 2.61 bits per heavy atom. The summed E-state index contributed by atoms with van der Waals surface area (Å²) in [6, 6.07) is 14.8. The molecular weight excluding hydrogens is 335 g/mol. The van der Waals surface area contributed by atoms with Crippen molar-refractivity contribution in [1.82, 2.24) is 9.55 Å². The Morgan fingerprint density at radius 2 is 1.87 bits per heavy atom. The fourth-order valence-corrected chi connectivity index (χ4v) is 2.88. The van der Waals surface area contributed by atoms with Crippen LogP contribution in [0.2, 0.25) is 5.02 Å². The van der Waals surface area contributed by atoms with Gasteiger partial charge >= 0.3 is 0 Å². The number of para-hydroxylation sites is 3. The molecule has 2 atom stereocenters. The maximum Gasteiger partial charge on any atom is 0.190 e. The Labute approximate surface area is 144 Å². The van der Waals surface area contributed by atoms with Crippen molar-refractivity contribution in [1.29, 1.82) is 0 Å². The second kappa shape index (κ2) is 6.79. The molecule has 0 fully saturated rings. The highest BCUT2D eigenvalue weighted by atomic mass is 35.5. The Hall–Kier alpha value is -1.75. The number of hydrogen-bond donors (Lipinski definition) is 1. The first-order valence-corrected chi connectivity index (χ1v) is 8.06. The van der Waals surface area contributed by atoms with Gasteiger partial charge in [-0.15, -0.1) is 0 Å². The van der Waals surface area contributed by atoms with Gasteiger partial charge < -0.3 is 14.4 Å². The van der Waals surface area contributed by atoms with E-state index in [9.17, 15) is 5.11 Å². The van der Waals surface area contributed by atoms with Gasteiger partial charge in [0, 0.05) is 0 Å². The predicted molar refractivity (Wildman–Crippen MR) is 92.1 cm³/mol. The number of hydrogen-bond acceptors (Lipinski definition) is 3. The van der Waals surface area contributed by atoms with Gasteiger partial charge in [-0.25, -0.2) is 4.98 Å². The number of alkyl halides is 1. The van der Waals surface area contributed by atoms with Crippen molar-refractivity contribution < 1.29 is 9.84 Å². The van der Waals surface area contributed by atoms with E-state index >= 15 is 0 Å². The summed E-state index contributed by atoms with van der Waals surface area (Å²) in [5, 5.41) is 10.5. The zero-order chi connectivity index (χ0) is 16.4. The number of nitrogens with zero attached hydrogens (tertiary/aromatic N) is 2. The quantitative estimate of drug-likeness (QED) is 0.694. The Kier molecular flexibility index (Phi) is 4.76. The van der Waals surface area contributed by atoms with Crippen molar-refractivity contribution in [2.24, 2.45) is 0 Å². The standard InChI is InChI=1S/C17H16Cl2N2O2/c1-11(22)17-20-13-7-3-4-8-14(13)21(17)10-16(19)23-15-9-5-2-6-12(15)18/h2-9,11,16,22H,10H2,1H3. The van der Waals surface area contributed by atoms with Crippen molar-refractivity contribution in [3.63, 3.8) is 0 Å². The van der Waals surface area contributed by atoms with Gasteiger partial charge in [0.25, 0.3) is 0 Å². The van der Waals surface area contributed by atoms with E-state index in [2.05, 4.69) is 4.98 Å². The van der Waals surface area contributed by atoms with Crippen LogP contribution in [0, 0.1) is 0 Å². The Morgan fingerprint density at radius 1 is 1.17 bits per heavy atom. The van der Waals surface area contributed by atoms with Crippen LogP contribution in [-0.4, -0.2) is 20.2 Å². The van der Waals surface area contributed by atoms with Crippen molar-refractivity contribution in [2.45, 2.75) is 25.1 Å². The number of aliphatic hydroxyl groups is 1. The molecule has 4 nitrogen and oxygen atoms in total. The van der Waals surface area contributed by atoms with Gasteiger partial charge in [0.2, 0.25) is 0 Å². The molecule has 0 saturated heterocycles. The van der Waals surface area contributed by atoms with Crippen LogP contribution in [0.1, 0.15) is 18.9 Å². The maximum absolute atomic E-state index is 9.96. The molecule has 0 saturated carbocycles. The Balaban J connectivity index is 1.88. The summed E-state index contributed by atoms with van der Waals surface area (Å²) >= 11 is 12.4. The fourth-order valence-electron chi connectivity index (χ4n) is 2.46. The molecule has 23 heavy (non-hydrogen) atoms. The van der Waals surface area contributed by atoms with E-state index in [1.54, 1.807) is 19.1 Å². The number of fused-ring (bicyclic) bond motifs is 1. The molecule has 2 unspecified atom stereocenters. The van der Waals surface area contributed by atoms with Gasteiger partial charge in [-0.2, -0.15) is 0 Å². The van der Waals surface area contributed by atoms with E-state index in [0.717, 1.165) is 11.0 Å². The molecule has 0 aliphatic heterocycles. The summed E-state index contributed by atoms with van der Waals surface area (Å²) in [6.45, 7) is 2.02. The molecule has 0 radical (unpaired) electrons. The lowest BCUT2D eigenvalue weighted by molar-refractivity contribution is 0.179. The number of benzene rings is 2. The Bertz CT molecular complexity index is 817. The van der Waals surface area contributed by atoms with Crippen LogP contribution < -0.4 is 4.74 Å². The minimum Gasteiger partial charge on any atom is -0.471 e. The average Bonchev–Trinajstić information content (AvgIpc) is 2.89. The average molecular weight is 351 g/mol. The number of aromatic nitrogens is 2. The lowest BCUT2D eigenvalue weighted by Crippen LogP contribution is -2.19. The summed E-state index contributed by atoms with van der Waals surface area (Å²) in [5.74, 6) is 1.08. The highest BCUT2D eigenvalue weighted by Gasteiger charge is 2.18. The second-order valence-electron chi connectivity index (χ2n) is 5.20. The van der Waals surface area contributed by atoms with E-state index in [1.165, 1.54) is 0 Å². The minimum absolute atomic E-state index is 0.341. The SMILES string of the molecule is CC(O)c1nc2ccccc2n1CC(Cl)Oc1ccccc1Cl. The van der Waals surface area contributed by atoms with Gasteiger partial charge in [-0.05, 0) is 31.2 Å². The van der Waals surface area contributed by atoms with Gasteiger partial charge in [-0.3, -0.25) is 0 Å². The molecule has 1 N–H and O–H groups in total. The highest BCUT2D eigenvalue weighted by Crippen LogP contribution is 2.27. The fraction of sp³-hybridized carbons (Fsp3) is 0.235. The molecule has 2 aromatic carbocycles. The van der Waals surface area contributed by atoms with Crippen LogP contribution in [0.25, 0.3) is 11.0 Å². The van der Waals surface area contributed by atoms with Crippen LogP contribution in [0.5, 0.6) is 5.75 Å². The maximum atomic E-state index is 9.96. The van der Waals surface area contributed by atoms with E-state index in [4.69, 9.17) is 27.9 Å². The number of aliphatic hydroxyl groups excluding tert-OH is 1. The summed E-state index contributed by atoms with van der Waals surface area (Å²) in [4.78, 5) is 4.46. The number of imidazole rings is 1. The topological polar surface area (TPSA) is 47.3 Å². The minimum atomic E-state index is -0.702. The smallest absolute Gasteiger partial charge is 0.190 e. The lowest BCUT2D eigenvalue weighted by atomic mass is 10.3. The van der Waals surface area contributed by atoms with Crippen molar-refractivity contribution in [3.05, 3.63) is 59.4 Å². The van der Waals surface area contributed by atoms with E-state index in [-0.39, 0.29) is 0 Å². The summed E-state index contributed by atoms with van der Waals surface area (Å²) < 4.78 is 7.57. The zero-order valence-corrected chi connectivity index (χ0v) is 14.0. The largest absolute Gasteiger partial charge is 0.471 e. The summed E-state index contributed by atoms with van der Waals surface area (Å²) in [6.07, 6.45) is -0.702. The monoisotopic (exact) mass is 350 g/mol. The molecular formula is C17H16Cl2N2O2. The lowest BCUT2D eigenvalue weighted by Gasteiger charge is -2.17. The first kappa shape index (κ1) is 16.1. The summed E-state index contributed by atoms with van der Waals surface area (Å²) in [5.41, 5.74) is 1.06. The third kappa shape index (κ3) is 3.44. The first-order chi connectivity index (χ1) is 11.1. The number of halogens is 2.